The predicted molar refractivity (Wildman–Crippen MR) is 145 cm³/mol. The smallest absolute Gasteiger partial charge is 0.273 e. The Hall–Kier alpha value is -3.59. The first kappa shape index (κ1) is 26.6. The van der Waals surface area contributed by atoms with Crippen LogP contribution in [0.1, 0.15) is 66.9 Å². The summed E-state index contributed by atoms with van der Waals surface area (Å²) in [6.07, 6.45) is 7.52. The topological polar surface area (TPSA) is 87.5 Å². The highest BCUT2D eigenvalue weighted by molar-refractivity contribution is 5.94. The minimum absolute atomic E-state index is 0.0149. The number of rotatable bonds is 7. The largest absolute Gasteiger partial charge is 0.355 e. The molecular weight excluding hydrogens is 514 g/mol. The minimum Gasteiger partial charge on any atom is -0.355 e. The van der Waals surface area contributed by atoms with Gasteiger partial charge in [-0.15, -0.1) is 0 Å². The Morgan fingerprint density at radius 1 is 0.925 bits per heavy atom. The van der Waals surface area contributed by atoms with Gasteiger partial charge in [0.2, 0.25) is 5.91 Å². The molecule has 2 aromatic carbocycles. The number of hydrogen-bond acceptors (Lipinski definition) is 5. The zero-order valence-electron chi connectivity index (χ0n) is 22.3. The van der Waals surface area contributed by atoms with E-state index in [-0.39, 0.29) is 35.0 Å². The lowest BCUT2D eigenvalue weighted by Gasteiger charge is -2.43. The number of nitrogens with zero attached hydrogens (tertiary/aromatic N) is 2. The fraction of sp³-hybridized carbons (Fsp3) is 0.452. The van der Waals surface area contributed by atoms with Crippen LogP contribution < -0.4 is 10.6 Å². The van der Waals surface area contributed by atoms with E-state index >= 15 is 0 Å². The fourth-order valence-corrected chi connectivity index (χ4v) is 6.35. The second-order valence-electron chi connectivity index (χ2n) is 11.3. The molecule has 3 aromatic rings. The van der Waals surface area contributed by atoms with Crippen molar-refractivity contribution in [1.29, 1.82) is 0 Å². The van der Waals surface area contributed by atoms with Crippen molar-refractivity contribution in [2.75, 3.05) is 13.1 Å². The molecule has 0 radical (unpaired) electrons. The van der Waals surface area contributed by atoms with Crippen molar-refractivity contribution in [3.05, 3.63) is 77.5 Å². The second kappa shape index (κ2) is 11.5. The summed E-state index contributed by atoms with van der Waals surface area (Å²) in [7, 11) is 0. The molecule has 0 unspecified atom stereocenters. The summed E-state index contributed by atoms with van der Waals surface area (Å²) >= 11 is 0. The molecule has 1 aromatic heterocycles. The molecule has 2 N–H and O–H groups in total. The zero-order valence-corrected chi connectivity index (χ0v) is 22.3. The quantitative estimate of drug-likeness (QED) is 0.432. The molecule has 210 valence electrons. The number of hydrogen-bond donors (Lipinski definition) is 2. The third-order valence-electron chi connectivity index (χ3n) is 8.67. The Bertz CT molecular complexity index is 1360. The fourth-order valence-electron chi connectivity index (χ4n) is 6.35. The molecule has 1 aliphatic heterocycles. The van der Waals surface area contributed by atoms with Crippen molar-refractivity contribution in [3.8, 4) is 11.3 Å². The number of aromatic nitrogens is 1. The SMILES string of the molecule is O=C(N[C@H]1CCN(C2CCCCC2)C[C@@H]1C(=O)N[C@@H]1C[C@H]1c1ccccc1)c1cc(-c2ccc(F)cc2F)on1. The molecule has 40 heavy (non-hydrogen) atoms. The van der Waals surface area contributed by atoms with Gasteiger partial charge in [0.05, 0.1) is 11.5 Å². The van der Waals surface area contributed by atoms with Crippen LogP contribution in [0.3, 0.4) is 0 Å². The maximum absolute atomic E-state index is 14.2. The van der Waals surface area contributed by atoms with Crippen LogP contribution >= 0.6 is 0 Å². The molecule has 2 amide bonds. The van der Waals surface area contributed by atoms with Crippen molar-refractivity contribution in [2.24, 2.45) is 5.92 Å². The molecule has 2 heterocycles. The molecule has 2 aliphatic carbocycles. The maximum atomic E-state index is 14.2. The highest BCUT2D eigenvalue weighted by atomic mass is 19.1. The normalized spacial score (nSPS) is 25.4. The zero-order chi connectivity index (χ0) is 27.6. The van der Waals surface area contributed by atoms with Crippen LogP contribution in [0, 0.1) is 17.6 Å². The molecule has 1 saturated heterocycles. The van der Waals surface area contributed by atoms with Crippen molar-refractivity contribution in [3.63, 3.8) is 0 Å². The van der Waals surface area contributed by atoms with Crippen molar-refractivity contribution in [2.45, 2.75) is 69.0 Å². The Morgan fingerprint density at radius 2 is 1.73 bits per heavy atom. The van der Waals surface area contributed by atoms with E-state index in [4.69, 9.17) is 4.52 Å². The molecule has 3 aliphatic rings. The second-order valence-corrected chi connectivity index (χ2v) is 11.3. The Labute approximate surface area is 232 Å². The number of nitrogens with one attached hydrogen (secondary N) is 2. The lowest BCUT2D eigenvalue weighted by molar-refractivity contribution is -0.128. The van der Waals surface area contributed by atoms with Crippen LogP contribution in [0.4, 0.5) is 8.78 Å². The average molecular weight is 549 g/mol. The maximum Gasteiger partial charge on any atom is 0.273 e. The van der Waals surface area contributed by atoms with E-state index in [1.165, 1.54) is 37.0 Å². The monoisotopic (exact) mass is 548 g/mol. The third kappa shape index (κ3) is 5.80. The van der Waals surface area contributed by atoms with Gasteiger partial charge in [0.25, 0.3) is 5.91 Å². The van der Waals surface area contributed by atoms with Gasteiger partial charge in [-0.2, -0.15) is 0 Å². The van der Waals surface area contributed by atoms with Crippen LogP contribution in [0.5, 0.6) is 0 Å². The van der Waals surface area contributed by atoms with Crippen LogP contribution in [0.15, 0.2) is 59.1 Å². The van der Waals surface area contributed by atoms with Gasteiger partial charge in [-0.3, -0.25) is 14.5 Å². The van der Waals surface area contributed by atoms with E-state index in [1.54, 1.807) is 0 Å². The summed E-state index contributed by atoms with van der Waals surface area (Å²) in [6.45, 7) is 1.40. The molecule has 7 nitrogen and oxygen atoms in total. The summed E-state index contributed by atoms with van der Waals surface area (Å²) in [5.41, 5.74) is 1.23. The standard InChI is InChI=1S/C31H34F2N4O3/c32-20-11-12-22(25(33)15-20)29-17-28(36-40-29)31(39)34-26-13-14-37(21-9-5-2-6-10-21)18-24(26)30(38)35-27-16-23(27)19-7-3-1-4-8-19/h1,3-4,7-8,11-12,15,17,21,23-24,26-27H,2,5-6,9-10,13-14,16,18H2,(H,34,39)(H,35,38)/t23-,24-,26-,27+/m0/s1. The van der Waals surface area contributed by atoms with Crippen LogP contribution in [0.2, 0.25) is 0 Å². The van der Waals surface area contributed by atoms with Crippen molar-refractivity contribution in [1.82, 2.24) is 20.7 Å². The number of likely N-dealkylation sites (tertiary alicyclic amines) is 1. The first-order valence-corrected chi connectivity index (χ1v) is 14.3. The van der Waals surface area contributed by atoms with Crippen LogP contribution in [0.25, 0.3) is 11.3 Å². The van der Waals surface area contributed by atoms with Crippen LogP contribution in [-0.2, 0) is 4.79 Å². The minimum atomic E-state index is -0.802. The van der Waals surface area contributed by atoms with Crippen molar-refractivity contribution >= 4 is 11.8 Å². The first-order chi connectivity index (χ1) is 19.5. The summed E-state index contributed by atoms with van der Waals surface area (Å²) in [4.78, 5) is 29.3. The van der Waals surface area contributed by atoms with Gasteiger partial charge in [0.15, 0.2) is 11.5 Å². The number of carbonyl (C=O) groups excluding carboxylic acids is 2. The molecule has 9 heteroatoms. The number of piperidine rings is 1. The van der Waals surface area contributed by atoms with Gasteiger partial charge in [-0.25, -0.2) is 8.78 Å². The van der Waals surface area contributed by atoms with Gasteiger partial charge in [0, 0.05) is 49.3 Å². The molecule has 0 spiro atoms. The van der Waals surface area contributed by atoms with Gasteiger partial charge >= 0.3 is 0 Å². The highest BCUT2D eigenvalue weighted by Crippen LogP contribution is 2.41. The van der Waals surface area contributed by atoms with Gasteiger partial charge in [-0.1, -0.05) is 54.8 Å². The molecule has 3 fully saturated rings. The number of halogens is 2. The van der Waals surface area contributed by atoms with E-state index in [0.717, 1.165) is 37.9 Å². The summed E-state index contributed by atoms with van der Waals surface area (Å²) in [6, 6.07) is 14.9. The predicted octanol–water partition coefficient (Wildman–Crippen LogP) is 5.05. The molecule has 4 atom stereocenters. The van der Waals surface area contributed by atoms with E-state index in [0.29, 0.717) is 24.9 Å². The lowest BCUT2D eigenvalue weighted by atomic mass is 9.87. The summed E-state index contributed by atoms with van der Waals surface area (Å²) < 4.78 is 32.7. The Morgan fingerprint density at radius 3 is 2.50 bits per heavy atom. The van der Waals surface area contributed by atoms with E-state index in [9.17, 15) is 18.4 Å². The number of benzene rings is 2. The van der Waals surface area contributed by atoms with Crippen molar-refractivity contribution < 1.29 is 22.9 Å². The molecule has 6 rings (SSSR count). The highest BCUT2D eigenvalue weighted by Gasteiger charge is 2.43. The van der Waals surface area contributed by atoms with Gasteiger partial charge in [0.1, 0.15) is 11.6 Å². The first-order valence-electron chi connectivity index (χ1n) is 14.3. The lowest BCUT2D eigenvalue weighted by Crippen LogP contribution is -2.58. The van der Waals surface area contributed by atoms with Crippen LogP contribution in [-0.4, -0.2) is 53.1 Å². The summed E-state index contributed by atoms with van der Waals surface area (Å²) in [5, 5.41) is 10.1. The van der Waals surface area contributed by atoms with E-state index in [1.807, 2.05) is 18.2 Å². The Kier molecular flexibility index (Phi) is 7.65. The molecular formula is C31H34F2N4O3. The Balaban J connectivity index is 1.15. The third-order valence-corrected chi connectivity index (χ3v) is 8.67. The molecule has 0 bridgehead atoms. The molecule has 2 saturated carbocycles. The van der Waals surface area contributed by atoms with E-state index < -0.39 is 23.5 Å². The average Bonchev–Trinajstić information content (AvgIpc) is 3.56. The van der Waals surface area contributed by atoms with E-state index in [2.05, 4.69) is 32.8 Å². The number of amides is 2. The summed E-state index contributed by atoms with van der Waals surface area (Å²) in [5.74, 6) is -2.09. The van der Waals surface area contributed by atoms with Gasteiger partial charge in [-0.05, 0) is 43.4 Å². The number of carbonyl (C=O) groups is 2. The van der Waals surface area contributed by atoms with Gasteiger partial charge < -0.3 is 15.2 Å².